The Labute approximate surface area is 199 Å². The quantitative estimate of drug-likeness (QED) is 0.185. The second kappa shape index (κ2) is 12.5. The monoisotopic (exact) mass is 470 g/mol. The molecule has 0 amide bonds. The third-order valence-corrected chi connectivity index (χ3v) is 10.8. The Hall–Kier alpha value is 0.0269. The fourth-order valence-corrected chi connectivity index (χ4v) is 8.88. The summed E-state index contributed by atoms with van der Waals surface area (Å²) in [7, 11) is -2.35. The van der Waals surface area contributed by atoms with Crippen LogP contribution in [0.5, 0.6) is 0 Å². The Morgan fingerprint density at radius 1 is 0.871 bits per heavy atom. The van der Waals surface area contributed by atoms with E-state index in [2.05, 4.69) is 48.1 Å². The van der Waals surface area contributed by atoms with Crippen molar-refractivity contribution in [1.82, 2.24) is 0 Å². The molecule has 2 rings (SSSR count). The van der Waals surface area contributed by atoms with E-state index < -0.39 is 8.56 Å². The molecule has 2 aliphatic carbocycles. The minimum absolute atomic E-state index is 0.340. The summed E-state index contributed by atoms with van der Waals surface area (Å²) in [4.78, 5) is 0. The molecule has 0 bridgehead atoms. The summed E-state index contributed by atoms with van der Waals surface area (Å²) in [6, 6.07) is 0.987. The minimum atomic E-state index is -2.35. The van der Waals surface area contributed by atoms with Crippen LogP contribution in [-0.4, -0.2) is 32.4 Å². The van der Waals surface area contributed by atoms with E-state index in [1.54, 1.807) is 0 Å². The fraction of sp³-hybridized carbons (Fsp3) is 0.962. The Bertz CT molecular complexity index is 519. The van der Waals surface area contributed by atoms with Crippen molar-refractivity contribution in [2.24, 2.45) is 35.5 Å². The lowest BCUT2D eigenvalue weighted by Gasteiger charge is -2.45. The van der Waals surface area contributed by atoms with E-state index in [1.807, 2.05) is 6.92 Å². The fourth-order valence-electron chi connectivity index (χ4n) is 5.90. The zero-order valence-corrected chi connectivity index (χ0v) is 23.4. The first-order valence-corrected chi connectivity index (χ1v) is 15.9. The normalized spacial score (nSPS) is 34.0. The molecule has 6 unspecified atom stereocenters. The number of thiocarbonyl (C=S) groups is 1. The van der Waals surface area contributed by atoms with Gasteiger partial charge < -0.3 is 13.6 Å². The lowest BCUT2D eigenvalue weighted by Crippen LogP contribution is -2.51. The summed E-state index contributed by atoms with van der Waals surface area (Å²) < 4.78 is 19.9. The van der Waals surface area contributed by atoms with Crippen LogP contribution >= 0.6 is 12.2 Å². The number of hydrogen-bond acceptors (Lipinski definition) is 4. The van der Waals surface area contributed by atoms with Gasteiger partial charge in [0.1, 0.15) is 0 Å². The van der Waals surface area contributed by atoms with Gasteiger partial charge in [-0.25, -0.2) is 0 Å². The molecule has 2 saturated carbocycles. The maximum atomic E-state index is 7.12. The first-order valence-electron chi connectivity index (χ1n) is 13.0. The molecule has 2 aliphatic rings. The van der Waals surface area contributed by atoms with Gasteiger partial charge in [-0.3, -0.25) is 0 Å². The van der Waals surface area contributed by atoms with Gasteiger partial charge in [0.15, 0.2) is 5.05 Å². The first-order chi connectivity index (χ1) is 14.5. The maximum Gasteiger partial charge on any atom is 0.335 e. The second-order valence-corrected chi connectivity index (χ2v) is 15.4. The van der Waals surface area contributed by atoms with Crippen LogP contribution in [0.15, 0.2) is 0 Å². The van der Waals surface area contributed by atoms with Gasteiger partial charge in [-0.1, -0.05) is 54.4 Å². The van der Waals surface area contributed by atoms with E-state index in [0.29, 0.717) is 47.5 Å². The summed E-state index contributed by atoms with van der Waals surface area (Å²) in [5.74, 6) is 4.12. The van der Waals surface area contributed by atoms with Crippen LogP contribution in [0, 0.1) is 35.5 Å². The van der Waals surface area contributed by atoms with Crippen molar-refractivity contribution in [2.75, 3.05) is 6.61 Å². The standard InChI is InChI=1S/C26H50O3SSi/c1-18(2)23-12-10-20(5)16-25(23)28-31(8,15-9-14-27-22(7)30)29-26-17-21(6)11-13-24(26)19(3)4/h18-21,23-26H,9-17H2,1-8H3. The maximum absolute atomic E-state index is 7.12. The summed E-state index contributed by atoms with van der Waals surface area (Å²) in [6.07, 6.45) is 9.24. The summed E-state index contributed by atoms with van der Waals surface area (Å²) in [6.45, 7) is 19.1. The highest BCUT2D eigenvalue weighted by molar-refractivity contribution is 7.80. The average molecular weight is 471 g/mol. The first kappa shape index (κ1) is 27.3. The van der Waals surface area contributed by atoms with E-state index in [1.165, 1.54) is 38.5 Å². The van der Waals surface area contributed by atoms with Gasteiger partial charge in [-0.2, -0.15) is 0 Å². The van der Waals surface area contributed by atoms with Gasteiger partial charge in [0, 0.05) is 6.92 Å². The molecule has 0 aromatic carbocycles. The van der Waals surface area contributed by atoms with Gasteiger partial charge in [-0.15, -0.1) is 0 Å². The van der Waals surface area contributed by atoms with E-state index in [9.17, 15) is 0 Å². The van der Waals surface area contributed by atoms with Gasteiger partial charge in [0.2, 0.25) is 0 Å². The third-order valence-electron chi connectivity index (χ3n) is 7.80. The molecule has 0 aromatic heterocycles. The highest BCUT2D eigenvalue weighted by Gasteiger charge is 2.44. The molecule has 0 heterocycles. The lowest BCUT2D eigenvalue weighted by molar-refractivity contribution is -0.0261. The molecule has 0 radical (unpaired) electrons. The van der Waals surface area contributed by atoms with Crippen molar-refractivity contribution in [1.29, 1.82) is 0 Å². The molecule has 31 heavy (non-hydrogen) atoms. The summed E-state index contributed by atoms with van der Waals surface area (Å²) in [5, 5.41) is 0.632. The van der Waals surface area contributed by atoms with E-state index >= 15 is 0 Å². The Morgan fingerprint density at radius 2 is 1.32 bits per heavy atom. The molecule has 182 valence electrons. The molecule has 0 aliphatic heterocycles. The summed E-state index contributed by atoms with van der Waals surface area (Å²) in [5.41, 5.74) is 0. The van der Waals surface area contributed by atoms with Crippen molar-refractivity contribution >= 4 is 25.8 Å². The van der Waals surface area contributed by atoms with Crippen molar-refractivity contribution in [2.45, 2.75) is 118 Å². The minimum Gasteiger partial charge on any atom is -0.487 e. The average Bonchev–Trinajstić information content (AvgIpc) is 2.64. The highest BCUT2D eigenvalue weighted by Crippen LogP contribution is 2.41. The van der Waals surface area contributed by atoms with Crippen molar-refractivity contribution < 1.29 is 13.6 Å². The van der Waals surface area contributed by atoms with Gasteiger partial charge in [0.25, 0.3) is 0 Å². The smallest absolute Gasteiger partial charge is 0.335 e. The molecule has 5 heteroatoms. The number of rotatable bonds is 10. The predicted molar refractivity (Wildman–Crippen MR) is 138 cm³/mol. The second-order valence-electron chi connectivity index (χ2n) is 11.5. The molecule has 3 nitrogen and oxygen atoms in total. The third kappa shape index (κ3) is 8.71. The van der Waals surface area contributed by atoms with E-state index in [0.717, 1.165) is 24.3 Å². The highest BCUT2D eigenvalue weighted by atomic mass is 32.1. The molecule has 2 fully saturated rings. The SMILES string of the molecule is CC(=S)OCCC[Si](C)(OC1CC(C)CCC1C(C)C)OC1CC(C)CCC1C(C)C. The molecule has 0 N–H and O–H groups in total. The molecule has 0 spiro atoms. The predicted octanol–water partition coefficient (Wildman–Crippen LogP) is 7.77. The number of hydrogen-bond donors (Lipinski definition) is 0. The van der Waals surface area contributed by atoms with Crippen molar-refractivity contribution in [3.63, 3.8) is 0 Å². The van der Waals surface area contributed by atoms with Crippen molar-refractivity contribution in [3.8, 4) is 0 Å². The molecular formula is C26H50O3SSi. The van der Waals surface area contributed by atoms with Crippen molar-refractivity contribution in [3.05, 3.63) is 0 Å². The number of ether oxygens (including phenoxy) is 1. The van der Waals surface area contributed by atoms with Crippen LogP contribution in [0.2, 0.25) is 12.6 Å². The van der Waals surface area contributed by atoms with Crippen LogP contribution in [0.3, 0.4) is 0 Å². The summed E-state index contributed by atoms with van der Waals surface area (Å²) >= 11 is 5.10. The Balaban J connectivity index is 2.17. The largest absolute Gasteiger partial charge is 0.487 e. The van der Waals surface area contributed by atoms with Gasteiger partial charge >= 0.3 is 8.56 Å². The van der Waals surface area contributed by atoms with E-state index in [4.69, 9.17) is 25.8 Å². The van der Waals surface area contributed by atoms with Crippen LogP contribution in [-0.2, 0) is 13.6 Å². The Kier molecular flexibility index (Phi) is 11.0. The van der Waals surface area contributed by atoms with Crippen LogP contribution in [0.25, 0.3) is 0 Å². The molecule has 0 saturated heterocycles. The van der Waals surface area contributed by atoms with Crippen LogP contribution in [0.4, 0.5) is 0 Å². The molecule has 6 atom stereocenters. The van der Waals surface area contributed by atoms with Gasteiger partial charge in [0.05, 0.1) is 18.8 Å². The van der Waals surface area contributed by atoms with Crippen LogP contribution in [0.1, 0.15) is 93.4 Å². The van der Waals surface area contributed by atoms with Crippen LogP contribution < -0.4 is 0 Å². The molecular weight excluding hydrogens is 420 g/mol. The Morgan fingerprint density at radius 3 is 1.71 bits per heavy atom. The van der Waals surface area contributed by atoms with E-state index in [-0.39, 0.29) is 0 Å². The topological polar surface area (TPSA) is 27.7 Å². The van der Waals surface area contributed by atoms with Gasteiger partial charge in [-0.05, 0) is 92.4 Å². The zero-order valence-electron chi connectivity index (χ0n) is 21.6. The molecule has 0 aromatic rings. The zero-order chi connectivity index (χ0) is 23.2. The lowest BCUT2D eigenvalue weighted by atomic mass is 9.75.